The first-order valence-corrected chi connectivity index (χ1v) is 7.93. The molecule has 1 aliphatic carbocycles. The molecule has 0 radical (unpaired) electrons. The standard InChI is InChI=1S/C17H23FN2O2/c1-11-9-13(18)3-6-15(11)16-12(7-8-20(16)17(21)22)10-19(2)14-4-5-14/h3,6,9,12,14,16H,4-5,7-8,10H2,1-2H3,(H,21,22). The van der Waals surface area contributed by atoms with Crippen LogP contribution >= 0.6 is 0 Å². The lowest BCUT2D eigenvalue weighted by molar-refractivity contribution is 0.129. The molecule has 1 aromatic rings. The van der Waals surface area contributed by atoms with E-state index < -0.39 is 6.09 Å². The van der Waals surface area contributed by atoms with Crippen molar-refractivity contribution >= 4 is 6.09 Å². The van der Waals surface area contributed by atoms with Gasteiger partial charge in [-0.1, -0.05) is 6.07 Å². The third-order valence-electron chi connectivity index (χ3n) is 5.01. The topological polar surface area (TPSA) is 43.8 Å². The summed E-state index contributed by atoms with van der Waals surface area (Å²) < 4.78 is 13.4. The zero-order chi connectivity index (χ0) is 15.9. The monoisotopic (exact) mass is 306 g/mol. The Morgan fingerprint density at radius 3 is 2.73 bits per heavy atom. The molecule has 22 heavy (non-hydrogen) atoms. The van der Waals surface area contributed by atoms with Crippen LogP contribution in [0.4, 0.5) is 9.18 Å². The van der Waals surface area contributed by atoms with Crippen molar-refractivity contribution in [3.8, 4) is 0 Å². The zero-order valence-electron chi connectivity index (χ0n) is 13.1. The van der Waals surface area contributed by atoms with Crippen molar-refractivity contribution in [1.29, 1.82) is 0 Å². The van der Waals surface area contributed by atoms with Crippen molar-refractivity contribution < 1.29 is 14.3 Å². The second-order valence-corrected chi connectivity index (χ2v) is 6.64. The van der Waals surface area contributed by atoms with E-state index in [2.05, 4.69) is 11.9 Å². The normalized spacial score (nSPS) is 25.0. The third-order valence-corrected chi connectivity index (χ3v) is 5.01. The Bertz CT molecular complexity index is 574. The van der Waals surface area contributed by atoms with Gasteiger partial charge in [-0.2, -0.15) is 0 Å². The van der Waals surface area contributed by atoms with Crippen LogP contribution in [0.1, 0.15) is 36.4 Å². The fraction of sp³-hybridized carbons (Fsp3) is 0.588. The molecule has 0 spiro atoms. The van der Waals surface area contributed by atoms with Crippen LogP contribution in [0, 0.1) is 18.7 Å². The van der Waals surface area contributed by atoms with Crippen LogP contribution in [-0.2, 0) is 0 Å². The van der Waals surface area contributed by atoms with E-state index in [9.17, 15) is 14.3 Å². The number of aryl methyl sites for hydroxylation is 1. The Labute approximate surface area is 130 Å². The molecule has 5 heteroatoms. The van der Waals surface area contributed by atoms with Crippen molar-refractivity contribution in [3.05, 3.63) is 35.1 Å². The number of benzene rings is 1. The van der Waals surface area contributed by atoms with Gasteiger partial charge in [0.25, 0.3) is 0 Å². The molecule has 0 aromatic heterocycles. The van der Waals surface area contributed by atoms with Crippen LogP contribution in [0.2, 0.25) is 0 Å². The average Bonchev–Trinajstić information content (AvgIpc) is 3.21. The van der Waals surface area contributed by atoms with Crippen LogP contribution in [0.5, 0.6) is 0 Å². The second kappa shape index (κ2) is 5.88. The Morgan fingerprint density at radius 1 is 1.41 bits per heavy atom. The van der Waals surface area contributed by atoms with Gasteiger partial charge in [-0.15, -0.1) is 0 Å². The minimum absolute atomic E-state index is 0.167. The molecule has 1 heterocycles. The molecule has 4 nitrogen and oxygen atoms in total. The Balaban J connectivity index is 1.87. The largest absolute Gasteiger partial charge is 0.465 e. The fourth-order valence-corrected chi connectivity index (χ4v) is 3.69. The van der Waals surface area contributed by atoms with E-state index in [1.807, 2.05) is 6.92 Å². The highest BCUT2D eigenvalue weighted by molar-refractivity contribution is 5.66. The lowest BCUT2D eigenvalue weighted by Crippen LogP contribution is -2.35. The number of rotatable bonds is 4. The number of amides is 1. The van der Waals surface area contributed by atoms with Crippen molar-refractivity contribution in [1.82, 2.24) is 9.80 Å². The third kappa shape index (κ3) is 2.95. The summed E-state index contributed by atoms with van der Waals surface area (Å²) in [6, 6.07) is 5.17. The lowest BCUT2D eigenvalue weighted by atomic mass is 9.90. The molecule has 2 atom stereocenters. The first-order chi connectivity index (χ1) is 10.5. The van der Waals surface area contributed by atoms with E-state index in [1.54, 1.807) is 6.07 Å². The Hall–Kier alpha value is -1.62. The van der Waals surface area contributed by atoms with Crippen LogP contribution in [0.15, 0.2) is 18.2 Å². The molecule has 1 aromatic carbocycles. The summed E-state index contributed by atoms with van der Waals surface area (Å²) in [4.78, 5) is 15.4. The Kier molecular flexibility index (Phi) is 4.08. The summed E-state index contributed by atoms with van der Waals surface area (Å²) in [5.41, 5.74) is 1.77. The minimum Gasteiger partial charge on any atom is -0.465 e. The summed E-state index contributed by atoms with van der Waals surface area (Å²) in [5, 5.41) is 9.50. The number of hydrogen-bond acceptors (Lipinski definition) is 2. The highest BCUT2D eigenvalue weighted by Crippen LogP contribution is 2.40. The number of nitrogens with zero attached hydrogens (tertiary/aromatic N) is 2. The highest BCUT2D eigenvalue weighted by Gasteiger charge is 2.40. The smallest absolute Gasteiger partial charge is 0.407 e. The maximum absolute atomic E-state index is 13.4. The molecular formula is C17H23FN2O2. The quantitative estimate of drug-likeness (QED) is 0.928. The number of carboxylic acid groups (broad SMARTS) is 1. The second-order valence-electron chi connectivity index (χ2n) is 6.64. The van der Waals surface area contributed by atoms with Crippen molar-refractivity contribution in [3.63, 3.8) is 0 Å². The first kappa shape index (κ1) is 15.3. The Morgan fingerprint density at radius 2 is 2.14 bits per heavy atom. The summed E-state index contributed by atoms with van der Waals surface area (Å²) in [5.74, 6) is -0.00127. The van der Waals surface area contributed by atoms with E-state index in [4.69, 9.17) is 0 Å². The summed E-state index contributed by atoms with van der Waals surface area (Å²) in [6.07, 6.45) is 2.47. The van der Waals surface area contributed by atoms with Gasteiger partial charge in [0.05, 0.1) is 6.04 Å². The van der Waals surface area contributed by atoms with E-state index in [-0.39, 0.29) is 17.8 Å². The van der Waals surface area contributed by atoms with Crippen LogP contribution in [0.25, 0.3) is 0 Å². The van der Waals surface area contributed by atoms with Crippen molar-refractivity contribution in [2.45, 2.75) is 38.3 Å². The average molecular weight is 306 g/mol. The van der Waals surface area contributed by atoms with Gasteiger partial charge in [0, 0.05) is 19.1 Å². The molecule has 120 valence electrons. The maximum atomic E-state index is 13.4. The van der Waals surface area contributed by atoms with Gasteiger partial charge in [-0.25, -0.2) is 9.18 Å². The minimum atomic E-state index is -0.884. The molecule has 1 amide bonds. The molecule has 1 aliphatic heterocycles. The molecule has 3 rings (SSSR count). The highest BCUT2D eigenvalue weighted by atomic mass is 19.1. The van der Waals surface area contributed by atoms with Crippen LogP contribution in [0.3, 0.4) is 0 Å². The summed E-state index contributed by atoms with van der Waals surface area (Å²) >= 11 is 0. The van der Waals surface area contributed by atoms with Crippen LogP contribution in [-0.4, -0.2) is 47.2 Å². The van der Waals surface area contributed by atoms with Gasteiger partial charge in [0.2, 0.25) is 0 Å². The molecular weight excluding hydrogens is 283 g/mol. The molecule has 2 aliphatic rings. The van der Waals surface area contributed by atoms with Crippen LogP contribution < -0.4 is 0 Å². The van der Waals surface area contributed by atoms with E-state index in [1.165, 1.54) is 29.9 Å². The molecule has 1 saturated carbocycles. The summed E-state index contributed by atoms with van der Waals surface area (Å²) in [7, 11) is 2.12. The SMILES string of the molecule is Cc1cc(F)ccc1C1C(CN(C)C2CC2)CCN1C(=O)O. The van der Waals surface area contributed by atoms with Gasteiger partial charge in [-0.3, -0.25) is 0 Å². The van der Waals surface area contributed by atoms with Crippen molar-refractivity contribution in [2.24, 2.45) is 5.92 Å². The lowest BCUT2D eigenvalue weighted by Gasteiger charge is -2.30. The predicted molar refractivity (Wildman–Crippen MR) is 82.4 cm³/mol. The van der Waals surface area contributed by atoms with Gasteiger partial charge in [-0.05, 0) is 62.4 Å². The zero-order valence-corrected chi connectivity index (χ0v) is 13.1. The van der Waals surface area contributed by atoms with E-state index >= 15 is 0 Å². The number of carbonyl (C=O) groups is 1. The van der Waals surface area contributed by atoms with E-state index in [0.717, 1.165) is 24.1 Å². The molecule has 0 bridgehead atoms. The maximum Gasteiger partial charge on any atom is 0.407 e. The number of likely N-dealkylation sites (tertiary alicyclic amines) is 1. The summed E-state index contributed by atoms with van der Waals surface area (Å²) in [6.45, 7) is 3.31. The van der Waals surface area contributed by atoms with E-state index in [0.29, 0.717) is 12.6 Å². The van der Waals surface area contributed by atoms with Gasteiger partial charge in [0.1, 0.15) is 5.82 Å². The fourth-order valence-electron chi connectivity index (χ4n) is 3.69. The first-order valence-electron chi connectivity index (χ1n) is 7.93. The molecule has 1 saturated heterocycles. The molecule has 2 fully saturated rings. The van der Waals surface area contributed by atoms with Gasteiger partial charge >= 0.3 is 6.09 Å². The van der Waals surface area contributed by atoms with Gasteiger partial charge < -0.3 is 14.9 Å². The predicted octanol–water partition coefficient (Wildman–Crippen LogP) is 3.27. The number of hydrogen-bond donors (Lipinski definition) is 1. The number of halogens is 1. The van der Waals surface area contributed by atoms with Crippen molar-refractivity contribution in [2.75, 3.05) is 20.1 Å². The molecule has 2 unspecified atom stereocenters. The van der Waals surface area contributed by atoms with Gasteiger partial charge in [0.15, 0.2) is 0 Å². The molecule has 1 N–H and O–H groups in total.